The van der Waals surface area contributed by atoms with Crippen molar-refractivity contribution in [1.29, 1.82) is 0 Å². The summed E-state index contributed by atoms with van der Waals surface area (Å²) in [4.78, 5) is 36.0. The molecule has 1 aromatic carbocycles. The Bertz CT molecular complexity index is 875. The standard InChI is InChI=1S/C25H34N4O3/c1-21(30)29-17-8-15-27(20-23-10-5-6-13-26-23)14-7-16-28(25(31)12-18-32-2)19-22-9-3-4-11-24(22)29/h3-6,9-11,13H,7-8,12,14-20H2,1-2H3. The van der Waals surface area contributed by atoms with E-state index in [4.69, 9.17) is 4.74 Å². The number of ether oxygens (including phenoxy) is 1. The van der Waals surface area contributed by atoms with Crippen molar-refractivity contribution >= 4 is 17.5 Å². The van der Waals surface area contributed by atoms with Crippen LogP contribution in [-0.4, -0.2) is 66.5 Å². The van der Waals surface area contributed by atoms with Gasteiger partial charge >= 0.3 is 0 Å². The van der Waals surface area contributed by atoms with Crippen LogP contribution in [0.1, 0.15) is 37.4 Å². The van der Waals surface area contributed by atoms with Gasteiger partial charge in [0.25, 0.3) is 0 Å². The summed E-state index contributed by atoms with van der Waals surface area (Å²) < 4.78 is 5.13. The van der Waals surface area contributed by atoms with Gasteiger partial charge in [-0.15, -0.1) is 0 Å². The number of hydrogen-bond acceptors (Lipinski definition) is 5. The molecule has 0 radical (unpaired) electrons. The van der Waals surface area contributed by atoms with Crippen LogP contribution in [-0.2, 0) is 27.4 Å². The lowest BCUT2D eigenvalue weighted by atomic mass is 10.1. The van der Waals surface area contributed by atoms with Crippen molar-refractivity contribution in [2.75, 3.05) is 44.8 Å². The first-order valence-corrected chi connectivity index (χ1v) is 11.3. The second-order valence-electron chi connectivity index (χ2n) is 8.16. The first kappa shape index (κ1) is 23.9. The van der Waals surface area contributed by atoms with Crippen molar-refractivity contribution in [2.24, 2.45) is 0 Å². The normalized spacial score (nSPS) is 16.1. The summed E-state index contributed by atoms with van der Waals surface area (Å²) in [7, 11) is 1.61. The lowest BCUT2D eigenvalue weighted by Crippen LogP contribution is -2.38. The Labute approximate surface area is 191 Å². The van der Waals surface area contributed by atoms with Gasteiger partial charge in [-0.1, -0.05) is 24.3 Å². The molecule has 0 N–H and O–H groups in total. The number of hydrogen-bond donors (Lipinski definition) is 0. The van der Waals surface area contributed by atoms with Crippen molar-refractivity contribution in [1.82, 2.24) is 14.8 Å². The average molecular weight is 439 g/mol. The topological polar surface area (TPSA) is 66.0 Å². The zero-order valence-electron chi connectivity index (χ0n) is 19.2. The molecule has 0 saturated carbocycles. The summed E-state index contributed by atoms with van der Waals surface area (Å²) in [6.07, 6.45) is 3.92. The van der Waals surface area contributed by atoms with Gasteiger partial charge in [0.2, 0.25) is 11.8 Å². The Morgan fingerprint density at radius 1 is 1.00 bits per heavy atom. The smallest absolute Gasteiger partial charge is 0.225 e. The molecule has 0 bridgehead atoms. The van der Waals surface area contributed by atoms with E-state index in [1.54, 1.807) is 14.0 Å². The zero-order chi connectivity index (χ0) is 22.8. The SMILES string of the molecule is COCCC(=O)N1CCCN(Cc2ccccn2)CCCN(C(C)=O)c2ccccc2C1. The van der Waals surface area contributed by atoms with Gasteiger partial charge in [0, 0.05) is 65.2 Å². The molecule has 3 rings (SSSR count). The third-order valence-corrected chi connectivity index (χ3v) is 5.77. The summed E-state index contributed by atoms with van der Waals surface area (Å²) in [6.45, 7) is 6.29. The van der Waals surface area contributed by atoms with E-state index in [1.807, 2.05) is 58.5 Å². The van der Waals surface area contributed by atoms with Crippen molar-refractivity contribution in [2.45, 2.75) is 39.3 Å². The largest absolute Gasteiger partial charge is 0.384 e. The summed E-state index contributed by atoms with van der Waals surface area (Å²) in [5.74, 6) is 0.0902. The Kier molecular flexibility index (Phi) is 9.19. The van der Waals surface area contributed by atoms with Gasteiger partial charge < -0.3 is 14.5 Å². The van der Waals surface area contributed by atoms with Crippen molar-refractivity contribution < 1.29 is 14.3 Å². The zero-order valence-corrected chi connectivity index (χ0v) is 19.2. The summed E-state index contributed by atoms with van der Waals surface area (Å²) >= 11 is 0. The van der Waals surface area contributed by atoms with Crippen LogP contribution in [0.5, 0.6) is 0 Å². The first-order valence-electron chi connectivity index (χ1n) is 11.3. The minimum absolute atomic E-state index is 0.0167. The fourth-order valence-corrected chi connectivity index (χ4v) is 4.13. The van der Waals surface area contributed by atoms with E-state index in [-0.39, 0.29) is 11.8 Å². The van der Waals surface area contributed by atoms with Crippen LogP contribution in [0.4, 0.5) is 5.69 Å². The maximum Gasteiger partial charge on any atom is 0.225 e. The van der Waals surface area contributed by atoms with Crippen LogP contribution in [0.25, 0.3) is 0 Å². The maximum absolute atomic E-state index is 12.9. The molecule has 0 fully saturated rings. The molecule has 0 aliphatic carbocycles. The second kappa shape index (κ2) is 12.3. The van der Waals surface area contributed by atoms with Gasteiger partial charge in [-0.3, -0.25) is 19.5 Å². The Morgan fingerprint density at radius 3 is 2.47 bits per heavy atom. The van der Waals surface area contributed by atoms with Gasteiger partial charge in [-0.25, -0.2) is 0 Å². The molecule has 2 amide bonds. The second-order valence-corrected chi connectivity index (χ2v) is 8.16. The van der Waals surface area contributed by atoms with Crippen LogP contribution >= 0.6 is 0 Å². The monoisotopic (exact) mass is 438 g/mol. The fourth-order valence-electron chi connectivity index (χ4n) is 4.13. The number of methoxy groups -OCH3 is 1. The average Bonchev–Trinajstić information content (AvgIpc) is 2.79. The lowest BCUT2D eigenvalue weighted by molar-refractivity contribution is -0.132. The van der Waals surface area contributed by atoms with E-state index in [1.165, 1.54) is 0 Å². The quantitative estimate of drug-likeness (QED) is 0.718. The first-order chi connectivity index (χ1) is 15.6. The number of nitrogens with zero attached hydrogens (tertiary/aromatic N) is 4. The summed E-state index contributed by atoms with van der Waals surface area (Å²) in [5, 5.41) is 0. The number of anilines is 1. The fraction of sp³-hybridized carbons (Fsp3) is 0.480. The van der Waals surface area contributed by atoms with Crippen molar-refractivity contribution in [3.63, 3.8) is 0 Å². The third kappa shape index (κ3) is 6.87. The number of para-hydroxylation sites is 1. The van der Waals surface area contributed by atoms with E-state index in [9.17, 15) is 9.59 Å². The molecule has 0 spiro atoms. The van der Waals surface area contributed by atoms with Crippen LogP contribution in [0.15, 0.2) is 48.7 Å². The van der Waals surface area contributed by atoms with E-state index in [0.29, 0.717) is 32.7 Å². The minimum atomic E-state index is 0.0167. The molecular formula is C25H34N4O3. The van der Waals surface area contributed by atoms with Crippen LogP contribution in [0, 0.1) is 0 Å². The Hall–Kier alpha value is -2.77. The third-order valence-electron chi connectivity index (χ3n) is 5.77. The van der Waals surface area contributed by atoms with Gasteiger partial charge in [-0.2, -0.15) is 0 Å². The van der Waals surface area contributed by atoms with Crippen LogP contribution < -0.4 is 4.90 Å². The maximum atomic E-state index is 12.9. The predicted molar refractivity (Wildman–Crippen MR) is 125 cm³/mol. The van der Waals surface area contributed by atoms with E-state index < -0.39 is 0 Å². The molecule has 1 aliphatic rings. The van der Waals surface area contributed by atoms with Gasteiger partial charge in [-0.05, 0) is 36.6 Å². The highest BCUT2D eigenvalue weighted by atomic mass is 16.5. The number of aromatic nitrogens is 1. The molecule has 32 heavy (non-hydrogen) atoms. The molecule has 7 heteroatoms. The molecule has 1 aromatic heterocycles. The molecule has 172 valence electrons. The van der Waals surface area contributed by atoms with Gasteiger partial charge in [0.15, 0.2) is 0 Å². The van der Waals surface area contributed by atoms with E-state index >= 15 is 0 Å². The minimum Gasteiger partial charge on any atom is -0.384 e. The number of carbonyl (C=O) groups is 2. The predicted octanol–water partition coefficient (Wildman–Crippen LogP) is 3.10. The summed E-state index contributed by atoms with van der Waals surface area (Å²) in [6, 6.07) is 13.9. The highest BCUT2D eigenvalue weighted by Gasteiger charge is 2.21. The van der Waals surface area contributed by atoms with Gasteiger partial charge in [0.05, 0.1) is 18.7 Å². The molecule has 2 heterocycles. The highest BCUT2D eigenvalue weighted by Crippen LogP contribution is 2.24. The molecule has 0 saturated heterocycles. The van der Waals surface area contributed by atoms with E-state index in [2.05, 4.69) is 9.88 Å². The van der Waals surface area contributed by atoms with Gasteiger partial charge in [0.1, 0.15) is 0 Å². The Balaban J connectivity index is 1.84. The van der Waals surface area contributed by atoms with Crippen LogP contribution in [0.2, 0.25) is 0 Å². The molecule has 0 atom stereocenters. The summed E-state index contributed by atoms with van der Waals surface area (Å²) in [5.41, 5.74) is 2.92. The molecule has 7 nitrogen and oxygen atoms in total. The number of benzene rings is 1. The number of pyridine rings is 1. The number of amides is 2. The van der Waals surface area contributed by atoms with E-state index in [0.717, 1.165) is 49.4 Å². The Morgan fingerprint density at radius 2 is 1.75 bits per heavy atom. The molecule has 0 unspecified atom stereocenters. The number of carbonyl (C=O) groups excluding carboxylic acids is 2. The van der Waals surface area contributed by atoms with Crippen LogP contribution in [0.3, 0.4) is 0 Å². The lowest BCUT2D eigenvalue weighted by Gasteiger charge is -2.31. The number of rotatable bonds is 5. The molecular weight excluding hydrogens is 404 g/mol. The number of fused-ring (bicyclic) bond motifs is 1. The molecule has 2 aromatic rings. The van der Waals surface area contributed by atoms with Crippen molar-refractivity contribution in [3.8, 4) is 0 Å². The van der Waals surface area contributed by atoms with Crippen molar-refractivity contribution in [3.05, 3.63) is 59.9 Å². The highest BCUT2D eigenvalue weighted by molar-refractivity contribution is 5.92. The molecule has 1 aliphatic heterocycles.